The zero-order valence-electron chi connectivity index (χ0n) is 16.8. The molecule has 3 heterocycles. The molecule has 0 spiro atoms. The summed E-state index contributed by atoms with van der Waals surface area (Å²) in [5, 5.41) is 3.47. The highest BCUT2D eigenvalue weighted by molar-refractivity contribution is 14.0. The van der Waals surface area contributed by atoms with Gasteiger partial charge in [-0.2, -0.15) is 0 Å². The van der Waals surface area contributed by atoms with E-state index in [9.17, 15) is 0 Å². The second-order valence-corrected chi connectivity index (χ2v) is 7.42. The predicted octanol–water partition coefficient (Wildman–Crippen LogP) is 2.52. The number of aliphatic imine (C=N–C) groups is 1. The van der Waals surface area contributed by atoms with E-state index in [0.717, 1.165) is 63.5 Å². The Kier molecular flexibility index (Phi) is 9.61. The molecule has 0 saturated carbocycles. The predicted molar refractivity (Wildman–Crippen MR) is 124 cm³/mol. The number of rotatable bonds is 5. The summed E-state index contributed by atoms with van der Waals surface area (Å²) in [4.78, 5) is 16.7. The van der Waals surface area contributed by atoms with Crippen molar-refractivity contribution in [2.24, 2.45) is 10.9 Å². The van der Waals surface area contributed by atoms with Crippen LogP contribution in [0.2, 0.25) is 0 Å². The van der Waals surface area contributed by atoms with E-state index in [1.165, 1.54) is 25.9 Å². The molecule has 7 heteroatoms. The molecule has 27 heavy (non-hydrogen) atoms. The van der Waals surface area contributed by atoms with Crippen LogP contribution in [0.1, 0.15) is 26.7 Å². The minimum absolute atomic E-state index is 0. The first-order valence-electron chi connectivity index (χ1n) is 10.2. The second kappa shape index (κ2) is 11.7. The van der Waals surface area contributed by atoms with E-state index in [0.29, 0.717) is 0 Å². The molecule has 2 aliphatic rings. The number of pyridine rings is 1. The third-order valence-electron chi connectivity index (χ3n) is 5.44. The van der Waals surface area contributed by atoms with E-state index < -0.39 is 0 Å². The van der Waals surface area contributed by atoms with Crippen LogP contribution in [-0.2, 0) is 0 Å². The van der Waals surface area contributed by atoms with Gasteiger partial charge in [-0.1, -0.05) is 13.0 Å². The molecule has 0 amide bonds. The summed E-state index contributed by atoms with van der Waals surface area (Å²) < 4.78 is 0. The molecule has 0 bridgehead atoms. The van der Waals surface area contributed by atoms with E-state index in [2.05, 4.69) is 51.0 Å². The Hall–Kier alpha value is -1.09. The van der Waals surface area contributed by atoms with Gasteiger partial charge in [-0.25, -0.2) is 4.98 Å². The maximum absolute atomic E-state index is 4.90. The van der Waals surface area contributed by atoms with Crippen LogP contribution in [0.3, 0.4) is 0 Å². The van der Waals surface area contributed by atoms with Gasteiger partial charge in [0.1, 0.15) is 5.82 Å². The molecule has 1 N–H and O–H groups in total. The highest BCUT2D eigenvalue weighted by atomic mass is 127. The SMILES string of the molecule is CCNC(=NCCN1CCC(C)CC1)N1CCN(c2ccccn2)CC1.I. The molecule has 0 aliphatic carbocycles. The lowest BCUT2D eigenvalue weighted by Gasteiger charge is -2.37. The normalized spacial score (nSPS) is 19.7. The molecule has 0 atom stereocenters. The summed E-state index contributed by atoms with van der Waals surface area (Å²) in [5.74, 6) is 3.04. The van der Waals surface area contributed by atoms with Gasteiger partial charge in [-0.15, -0.1) is 24.0 Å². The van der Waals surface area contributed by atoms with Crippen LogP contribution in [0.4, 0.5) is 5.82 Å². The van der Waals surface area contributed by atoms with Crippen molar-refractivity contribution in [3.05, 3.63) is 24.4 Å². The fourth-order valence-corrected chi connectivity index (χ4v) is 3.70. The standard InChI is InChI=1S/C20H34N6.HI/c1-3-21-20(23-10-13-24-11-7-18(2)8-12-24)26-16-14-25(15-17-26)19-6-4-5-9-22-19;/h4-6,9,18H,3,7-8,10-17H2,1-2H3,(H,21,23);1H. The van der Waals surface area contributed by atoms with Crippen LogP contribution in [0.5, 0.6) is 0 Å². The zero-order chi connectivity index (χ0) is 18.2. The molecule has 6 nitrogen and oxygen atoms in total. The van der Waals surface area contributed by atoms with Crippen molar-refractivity contribution in [2.45, 2.75) is 26.7 Å². The molecule has 0 aromatic carbocycles. The molecule has 2 saturated heterocycles. The number of aromatic nitrogens is 1. The van der Waals surface area contributed by atoms with E-state index in [1.54, 1.807) is 0 Å². The molecule has 1 aromatic rings. The number of piperazine rings is 1. The maximum atomic E-state index is 4.90. The molecule has 2 aliphatic heterocycles. The van der Waals surface area contributed by atoms with Crippen molar-refractivity contribution in [3.63, 3.8) is 0 Å². The number of halogens is 1. The number of hydrogen-bond donors (Lipinski definition) is 1. The average molecular weight is 486 g/mol. The summed E-state index contributed by atoms with van der Waals surface area (Å²) in [6, 6.07) is 6.12. The molecular weight excluding hydrogens is 451 g/mol. The molecule has 1 aromatic heterocycles. The van der Waals surface area contributed by atoms with Gasteiger partial charge in [0.15, 0.2) is 5.96 Å². The summed E-state index contributed by atoms with van der Waals surface area (Å²) in [6.45, 7) is 13.8. The number of hydrogen-bond acceptors (Lipinski definition) is 4. The quantitative estimate of drug-likeness (QED) is 0.394. The minimum atomic E-state index is 0. The topological polar surface area (TPSA) is 47.0 Å². The van der Waals surface area contributed by atoms with Gasteiger partial charge in [-0.05, 0) is 50.9 Å². The van der Waals surface area contributed by atoms with Crippen molar-refractivity contribution < 1.29 is 0 Å². The number of guanidine groups is 1. The van der Waals surface area contributed by atoms with Crippen LogP contribution in [0.15, 0.2) is 29.4 Å². The van der Waals surface area contributed by atoms with Crippen LogP contribution in [0.25, 0.3) is 0 Å². The summed E-state index contributed by atoms with van der Waals surface area (Å²) in [6.07, 6.45) is 4.53. The summed E-state index contributed by atoms with van der Waals surface area (Å²) >= 11 is 0. The smallest absolute Gasteiger partial charge is 0.194 e. The van der Waals surface area contributed by atoms with Gasteiger partial charge >= 0.3 is 0 Å². The van der Waals surface area contributed by atoms with Crippen LogP contribution in [0, 0.1) is 5.92 Å². The van der Waals surface area contributed by atoms with Gasteiger partial charge < -0.3 is 20.0 Å². The first kappa shape index (κ1) is 22.2. The Morgan fingerprint density at radius 2 is 1.89 bits per heavy atom. The van der Waals surface area contributed by atoms with Gasteiger partial charge in [0.2, 0.25) is 0 Å². The summed E-state index contributed by atoms with van der Waals surface area (Å²) in [5.41, 5.74) is 0. The Bertz CT molecular complexity index is 551. The fourth-order valence-electron chi connectivity index (χ4n) is 3.70. The number of anilines is 1. The van der Waals surface area contributed by atoms with Crippen LogP contribution >= 0.6 is 24.0 Å². The number of likely N-dealkylation sites (tertiary alicyclic amines) is 1. The van der Waals surface area contributed by atoms with Gasteiger partial charge in [0, 0.05) is 45.5 Å². The lowest BCUT2D eigenvalue weighted by molar-refractivity contribution is 0.197. The lowest BCUT2D eigenvalue weighted by Crippen LogP contribution is -2.53. The van der Waals surface area contributed by atoms with Crippen molar-refractivity contribution >= 4 is 35.8 Å². The maximum Gasteiger partial charge on any atom is 0.194 e. The van der Waals surface area contributed by atoms with Gasteiger partial charge in [-0.3, -0.25) is 4.99 Å². The largest absolute Gasteiger partial charge is 0.357 e. The van der Waals surface area contributed by atoms with Gasteiger partial charge in [0.05, 0.1) is 6.54 Å². The fraction of sp³-hybridized carbons (Fsp3) is 0.700. The summed E-state index contributed by atoms with van der Waals surface area (Å²) in [7, 11) is 0. The highest BCUT2D eigenvalue weighted by Gasteiger charge is 2.20. The molecule has 2 fully saturated rings. The molecule has 0 unspecified atom stereocenters. The molecular formula is C20H35IN6. The first-order chi connectivity index (χ1) is 12.8. The molecule has 3 rings (SSSR count). The molecule has 0 radical (unpaired) electrons. The Morgan fingerprint density at radius 3 is 2.52 bits per heavy atom. The number of nitrogens with one attached hydrogen (secondary N) is 1. The van der Waals surface area contributed by atoms with E-state index >= 15 is 0 Å². The van der Waals surface area contributed by atoms with Crippen molar-refractivity contribution in [2.75, 3.05) is 63.8 Å². The zero-order valence-corrected chi connectivity index (χ0v) is 19.1. The van der Waals surface area contributed by atoms with E-state index in [-0.39, 0.29) is 24.0 Å². The highest BCUT2D eigenvalue weighted by Crippen LogP contribution is 2.15. The number of nitrogens with zero attached hydrogens (tertiary/aromatic N) is 5. The Morgan fingerprint density at radius 1 is 1.15 bits per heavy atom. The van der Waals surface area contributed by atoms with Crippen molar-refractivity contribution in [3.8, 4) is 0 Å². The first-order valence-corrected chi connectivity index (χ1v) is 10.2. The average Bonchev–Trinajstić information content (AvgIpc) is 2.70. The Labute approximate surface area is 181 Å². The third-order valence-corrected chi connectivity index (χ3v) is 5.44. The second-order valence-electron chi connectivity index (χ2n) is 7.42. The third kappa shape index (κ3) is 6.78. The minimum Gasteiger partial charge on any atom is -0.357 e. The van der Waals surface area contributed by atoms with E-state index in [4.69, 9.17) is 4.99 Å². The Balaban J connectivity index is 0.00000261. The van der Waals surface area contributed by atoms with Gasteiger partial charge in [0.25, 0.3) is 0 Å². The van der Waals surface area contributed by atoms with Crippen molar-refractivity contribution in [1.29, 1.82) is 0 Å². The van der Waals surface area contributed by atoms with Crippen LogP contribution in [-0.4, -0.2) is 79.6 Å². The monoisotopic (exact) mass is 486 g/mol. The van der Waals surface area contributed by atoms with Crippen molar-refractivity contribution in [1.82, 2.24) is 20.1 Å². The van der Waals surface area contributed by atoms with E-state index in [1.807, 2.05) is 12.3 Å². The number of piperidine rings is 1. The van der Waals surface area contributed by atoms with Crippen LogP contribution < -0.4 is 10.2 Å². The lowest BCUT2D eigenvalue weighted by atomic mass is 9.99. The molecule has 152 valence electrons.